The zero-order valence-electron chi connectivity index (χ0n) is 25.6. The molecule has 0 saturated heterocycles. The first-order valence-corrected chi connectivity index (χ1v) is 15.1. The van der Waals surface area contributed by atoms with Crippen LogP contribution in [0.25, 0.3) is 0 Å². The summed E-state index contributed by atoms with van der Waals surface area (Å²) in [6.45, 7) is 13.1. The van der Waals surface area contributed by atoms with Crippen LogP contribution < -0.4 is 16.0 Å². The van der Waals surface area contributed by atoms with Crippen LogP contribution in [0.15, 0.2) is 60.7 Å². The molecule has 1 aliphatic rings. The fraction of sp³-hybridized carbons (Fsp3) is 0.457. The molecular weight excluding hydrogens is 516 g/mol. The molecule has 4 nitrogen and oxygen atoms in total. The van der Waals surface area contributed by atoms with E-state index < -0.39 is 11.6 Å². The van der Waals surface area contributed by atoms with E-state index in [9.17, 15) is 13.6 Å². The van der Waals surface area contributed by atoms with Crippen molar-refractivity contribution in [2.24, 2.45) is 0 Å². The van der Waals surface area contributed by atoms with Crippen molar-refractivity contribution in [3.63, 3.8) is 0 Å². The van der Waals surface area contributed by atoms with Gasteiger partial charge in [-0.15, -0.1) is 0 Å². The van der Waals surface area contributed by atoms with Gasteiger partial charge >= 0.3 is 0 Å². The van der Waals surface area contributed by atoms with Gasteiger partial charge in [0.1, 0.15) is 11.6 Å². The number of rotatable bonds is 10. The first-order chi connectivity index (χ1) is 19.8. The number of amides is 1. The third kappa shape index (κ3) is 13.9. The molecule has 1 saturated carbocycles. The van der Waals surface area contributed by atoms with E-state index >= 15 is 0 Å². The van der Waals surface area contributed by atoms with E-state index in [1.807, 2.05) is 26.0 Å². The summed E-state index contributed by atoms with van der Waals surface area (Å²) >= 11 is 0. The average Bonchev–Trinajstić information content (AvgIpc) is 2.95. The van der Waals surface area contributed by atoms with Crippen molar-refractivity contribution in [2.75, 3.05) is 13.1 Å². The van der Waals surface area contributed by atoms with Crippen molar-refractivity contribution < 1.29 is 13.6 Å². The summed E-state index contributed by atoms with van der Waals surface area (Å²) < 4.78 is 24.4. The Labute approximate surface area is 246 Å². The molecule has 41 heavy (non-hydrogen) atoms. The van der Waals surface area contributed by atoms with Crippen LogP contribution in [0.5, 0.6) is 0 Å². The van der Waals surface area contributed by atoms with Crippen molar-refractivity contribution in [2.45, 2.75) is 92.3 Å². The lowest BCUT2D eigenvalue weighted by Crippen LogP contribution is -2.30. The SMILES string of the molecule is CC.Cc1cc(F)cc(F)c1.Cc1cccc(CNCCCNC(=O)c2cc(C)cc(CNC3CCCCC3)c2)c1. The Morgan fingerprint density at radius 3 is 2.07 bits per heavy atom. The number of aryl methyl sites for hydroxylation is 3. The van der Waals surface area contributed by atoms with Gasteiger partial charge in [0.2, 0.25) is 0 Å². The smallest absolute Gasteiger partial charge is 0.251 e. The van der Waals surface area contributed by atoms with Crippen LogP contribution in [-0.2, 0) is 13.1 Å². The molecule has 0 unspecified atom stereocenters. The Hall–Kier alpha value is -3.09. The molecule has 3 aromatic carbocycles. The van der Waals surface area contributed by atoms with Crippen LogP contribution in [0.1, 0.15) is 90.5 Å². The summed E-state index contributed by atoms with van der Waals surface area (Å²) in [5, 5.41) is 10.2. The van der Waals surface area contributed by atoms with Crippen LogP contribution in [-0.4, -0.2) is 25.0 Å². The maximum atomic E-state index is 12.6. The van der Waals surface area contributed by atoms with Gasteiger partial charge in [-0.2, -0.15) is 0 Å². The first-order valence-electron chi connectivity index (χ1n) is 15.1. The van der Waals surface area contributed by atoms with E-state index in [4.69, 9.17) is 0 Å². The molecule has 224 valence electrons. The topological polar surface area (TPSA) is 53.2 Å². The Balaban J connectivity index is 0.000000450. The zero-order valence-corrected chi connectivity index (χ0v) is 25.6. The minimum atomic E-state index is -0.521. The quantitative estimate of drug-likeness (QED) is 0.219. The molecule has 6 heteroatoms. The molecular formula is C35H49F2N3O. The highest BCUT2D eigenvalue weighted by atomic mass is 19.1. The van der Waals surface area contributed by atoms with E-state index in [0.29, 0.717) is 18.2 Å². The number of halogens is 2. The molecule has 1 aliphatic carbocycles. The van der Waals surface area contributed by atoms with E-state index in [-0.39, 0.29) is 5.91 Å². The van der Waals surface area contributed by atoms with Gasteiger partial charge in [0.05, 0.1) is 0 Å². The largest absolute Gasteiger partial charge is 0.352 e. The van der Waals surface area contributed by atoms with Crippen LogP contribution in [0.3, 0.4) is 0 Å². The second-order valence-electron chi connectivity index (χ2n) is 10.6. The van der Waals surface area contributed by atoms with Gasteiger partial charge in [0.15, 0.2) is 0 Å². The first kappa shape index (κ1) is 34.1. The third-order valence-electron chi connectivity index (χ3n) is 6.83. The molecule has 0 spiro atoms. The van der Waals surface area contributed by atoms with Crippen molar-refractivity contribution in [3.8, 4) is 0 Å². The van der Waals surface area contributed by atoms with E-state index in [1.165, 1.54) is 60.9 Å². The number of carbonyl (C=O) groups excluding carboxylic acids is 1. The molecule has 0 atom stereocenters. The summed E-state index contributed by atoms with van der Waals surface area (Å²) in [6, 6.07) is 18.8. The van der Waals surface area contributed by atoms with Gasteiger partial charge in [-0.25, -0.2) is 8.78 Å². The maximum Gasteiger partial charge on any atom is 0.251 e. The highest BCUT2D eigenvalue weighted by Crippen LogP contribution is 2.18. The van der Waals surface area contributed by atoms with Crippen LogP contribution in [0.4, 0.5) is 8.78 Å². The lowest BCUT2D eigenvalue weighted by molar-refractivity contribution is 0.0953. The Morgan fingerprint density at radius 2 is 1.41 bits per heavy atom. The molecule has 1 fully saturated rings. The normalized spacial score (nSPS) is 13.0. The number of hydrogen-bond donors (Lipinski definition) is 3. The monoisotopic (exact) mass is 565 g/mol. The highest BCUT2D eigenvalue weighted by molar-refractivity contribution is 5.94. The molecule has 0 aliphatic heterocycles. The summed E-state index contributed by atoms with van der Waals surface area (Å²) in [5.41, 5.74) is 6.30. The molecule has 3 N–H and O–H groups in total. The summed E-state index contributed by atoms with van der Waals surface area (Å²) in [5.74, 6) is -1.02. The molecule has 0 bridgehead atoms. The van der Waals surface area contributed by atoms with Crippen molar-refractivity contribution >= 4 is 5.91 Å². The van der Waals surface area contributed by atoms with Gasteiger partial charge in [-0.05, 0) is 87.5 Å². The van der Waals surface area contributed by atoms with Crippen LogP contribution >= 0.6 is 0 Å². The fourth-order valence-corrected chi connectivity index (χ4v) is 4.93. The summed E-state index contributed by atoms with van der Waals surface area (Å²) in [7, 11) is 0. The minimum absolute atomic E-state index is 0.0244. The molecule has 4 rings (SSSR count). The van der Waals surface area contributed by atoms with Gasteiger partial charge < -0.3 is 16.0 Å². The molecule has 0 heterocycles. The van der Waals surface area contributed by atoms with Crippen molar-refractivity contribution in [1.82, 2.24) is 16.0 Å². The van der Waals surface area contributed by atoms with Gasteiger partial charge in [0.25, 0.3) is 5.91 Å². The van der Waals surface area contributed by atoms with Crippen LogP contribution in [0, 0.1) is 32.4 Å². The third-order valence-corrected chi connectivity index (χ3v) is 6.83. The van der Waals surface area contributed by atoms with E-state index in [1.54, 1.807) is 6.92 Å². The van der Waals surface area contributed by atoms with Gasteiger partial charge in [-0.1, -0.05) is 74.6 Å². The number of nitrogens with one attached hydrogen (secondary N) is 3. The average molecular weight is 566 g/mol. The van der Waals surface area contributed by atoms with Crippen LogP contribution in [0.2, 0.25) is 0 Å². The number of hydrogen-bond acceptors (Lipinski definition) is 3. The standard InChI is InChI=1S/C26H37N3O.C7H6F2.C2H6/c1-20-8-6-9-22(14-20)18-27-12-7-13-28-26(30)24-16-21(2)15-23(17-24)19-29-25-10-4-3-5-11-25;1-5-2-6(8)4-7(9)3-5;1-2/h6,8-9,14-17,25,27,29H,3-5,7,10-13,18-19H2,1-2H3,(H,28,30);2-4H,1H3;1-2H3. The molecule has 3 aromatic rings. The Kier molecular flexibility index (Phi) is 15.9. The van der Waals surface area contributed by atoms with Crippen molar-refractivity contribution in [1.29, 1.82) is 0 Å². The fourth-order valence-electron chi connectivity index (χ4n) is 4.93. The molecule has 1 amide bonds. The Bertz CT molecular complexity index is 1140. The Morgan fingerprint density at radius 1 is 0.756 bits per heavy atom. The maximum absolute atomic E-state index is 12.6. The number of carbonyl (C=O) groups is 1. The van der Waals surface area contributed by atoms with E-state index in [0.717, 1.165) is 43.2 Å². The lowest BCUT2D eigenvalue weighted by atomic mass is 9.95. The zero-order chi connectivity index (χ0) is 30.0. The van der Waals surface area contributed by atoms with Crippen molar-refractivity contribution in [3.05, 3.63) is 106 Å². The lowest BCUT2D eigenvalue weighted by Gasteiger charge is -2.23. The number of benzene rings is 3. The summed E-state index contributed by atoms with van der Waals surface area (Å²) in [6.07, 6.45) is 7.50. The van der Waals surface area contributed by atoms with Gasteiger partial charge in [0, 0.05) is 37.3 Å². The predicted octanol–water partition coefficient (Wildman–Crippen LogP) is 7.93. The summed E-state index contributed by atoms with van der Waals surface area (Å²) in [4.78, 5) is 12.6. The highest BCUT2D eigenvalue weighted by Gasteiger charge is 2.13. The minimum Gasteiger partial charge on any atom is -0.352 e. The van der Waals surface area contributed by atoms with Gasteiger partial charge in [-0.3, -0.25) is 4.79 Å². The molecule has 0 radical (unpaired) electrons. The second kappa shape index (κ2) is 19.1. The molecule has 0 aromatic heterocycles. The van der Waals surface area contributed by atoms with E-state index in [2.05, 4.69) is 60.1 Å². The second-order valence-corrected chi connectivity index (χ2v) is 10.6. The predicted molar refractivity (Wildman–Crippen MR) is 167 cm³/mol.